The van der Waals surface area contributed by atoms with Gasteiger partial charge in [-0.2, -0.15) is 0 Å². The van der Waals surface area contributed by atoms with E-state index in [-0.39, 0.29) is 75.8 Å². The van der Waals surface area contributed by atoms with Crippen molar-refractivity contribution in [3.63, 3.8) is 0 Å². The third-order valence-corrected chi connectivity index (χ3v) is 15.2. The minimum Gasteiger partial charge on any atom is -0.446 e. The molecule has 13 unspecified atom stereocenters. The maximum Gasteiger partial charge on any atom is 0.407 e. The fourth-order valence-electron chi connectivity index (χ4n) is 13.0. The molecule has 5 aliphatic carbocycles. The first kappa shape index (κ1) is 32.9. The molecule has 46 heavy (non-hydrogen) atoms. The van der Waals surface area contributed by atoms with Crippen LogP contribution in [0.1, 0.15) is 99.8 Å². The van der Waals surface area contributed by atoms with E-state index in [9.17, 15) is 14.7 Å². The van der Waals surface area contributed by atoms with Gasteiger partial charge in [0.2, 0.25) is 0 Å². The number of nitrogens with one attached hydrogen (secondary N) is 3. The number of alkyl carbamates (subject to hydrolysis) is 2. The maximum absolute atomic E-state index is 12.8. The van der Waals surface area contributed by atoms with Crippen molar-refractivity contribution in [1.29, 1.82) is 0 Å². The van der Waals surface area contributed by atoms with Crippen LogP contribution in [0.25, 0.3) is 0 Å². The first-order chi connectivity index (χ1) is 21.7. The van der Waals surface area contributed by atoms with E-state index in [0.29, 0.717) is 12.5 Å². The number of hydrogen-bond acceptors (Lipinski definition) is 8. The molecule has 2 amide bonds. The zero-order valence-corrected chi connectivity index (χ0v) is 29.2. The molecule has 0 aromatic heterocycles. The van der Waals surface area contributed by atoms with Gasteiger partial charge in [-0.15, -0.1) is 0 Å². The number of rotatable bonds is 6. The zero-order valence-electron chi connectivity index (χ0n) is 29.2. The summed E-state index contributed by atoms with van der Waals surface area (Å²) in [6, 6.07) is 0.165. The smallest absolute Gasteiger partial charge is 0.407 e. The molecule has 5 saturated carbocycles. The highest BCUT2D eigenvalue weighted by Crippen LogP contribution is 2.87. The molecule has 10 heteroatoms. The Hall–Kier alpha value is -1.62. The fourth-order valence-corrected chi connectivity index (χ4v) is 13.0. The van der Waals surface area contributed by atoms with E-state index >= 15 is 0 Å². The largest absolute Gasteiger partial charge is 0.446 e. The summed E-state index contributed by atoms with van der Waals surface area (Å²) in [6.07, 6.45) is 5.39. The number of carbonyl (C=O) groups is 2. The first-order valence-corrected chi connectivity index (χ1v) is 18.4. The van der Waals surface area contributed by atoms with Crippen LogP contribution in [-0.2, 0) is 14.2 Å². The molecular weight excluding hydrogens is 584 g/mol. The van der Waals surface area contributed by atoms with Crippen LogP contribution >= 0.6 is 0 Å². The average Bonchev–Trinajstić information content (AvgIpc) is 3.60. The van der Waals surface area contributed by atoms with Crippen molar-refractivity contribution in [1.82, 2.24) is 16.0 Å². The van der Waals surface area contributed by atoms with E-state index in [2.05, 4.69) is 57.5 Å². The Morgan fingerprint density at radius 2 is 1.74 bits per heavy atom. The van der Waals surface area contributed by atoms with Crippen LogP contribution in [0.15, 0.2) is 0 Å². The van der Waals surface area contributed by atoms with Crippen LogP contribution in [0.4, 0.5) is 9.59 Å². The molecule has 2 saturated heterocycles. The molecule has 0 aromatic rings. The Morgan fingerprint density at radius 1 is 1.04 bits per heavy atom. The Balaban J connectivity index is 1.12. The molecule has 6 N–H and O–H groups in total. The predicted octanol–water partition coefficient (Wildman–Crippen LogP) is 4.33. The van der Waals surface area contributed by atoms with Gasteiger partial charge >= 0.3 is 12.2 Å². The number of aliphatic hydroxyl groups is 1. The van der Waals surface area contributed by atoms with Crippen LogP contribution in [0.2, 0.25) is 0 Å². The summed E-state index contributed by atoms with van der Waals surface area (Å²) in [5.74, 6) is 1.18. The van der Waals surface area contributed by atoms with Gasteiger partial charge in [0.1, 0.15) is 12.2 Å². The lowest BCUT2D eigenvalue weighted by Crippen LogP contribution is -2.70. The van der Waals surface area contributed by atoms with Gasteiger partial charge in [0.15, 0.2) is 0 Å². The van der Waals surface area contributed by atoms with Gasteiger partial charge < -0.3 is 41.0 Å². The first-order valence-electron chi connectivity index (χ1n) is 18.4. The van der Waals surface area contributed by atoms with Crippen molar-refractivity contribution in [3.8, 4) is 0 Å². The van der Waals surface area contributed by atoms with Gasteiger partial charge in [0.25, 0.3) is 0 Å². The highest BCUT2D eigenvalue weighted by molar-refractivity contribution is 5.68. The minimum atomic E-state index is -0.779. The standard InChI is InChI=1S/C36H60N4O6/c1-8-39-30(42)46-27(19(2)3)22-15-20(4)26-28(44-22)29(41)36(37)24-10-9-23-32(5,6)25(45-31(43)40-21-16-38-17-21)11-12-34(23)18-35(24,34)14-13-33(26,36)7/h19-29,38,41H,8-18,37H2,1-7H3,(H,39,42)(H,40,43). The van der Waals surface area contributed by atoms with Gasteiger partial charge in [0.05, 0.1) is 29.9 Å². The predicted molar refractivity (Wildman–Crippen MR) is 174 cm³/mol. The number of aliphatic hydroxyl groups excluding tert-OH is 1. The molecule has 0 radical (unpaired) electrons. The number of nitrogens with two attached hydrogens (primary N) is 1. The van der Waals surface area contributed by atoms with Crippen LogP contribution in [0.3, 0.4) is 0 Å². The van der Waals surface area contributed by atoms with E-state index in [4.69, 9.17) is 19.9 Å². The number of fused-ring (bicyclic) bond motifs is 4. The Kier molecular flexibility index (Phi) is 7.83. The molecule has 2 heterocycles. The molecule has 7 aliphatic rings. The van der Waals surface area contributed by atoms with Crippen molar-refractivity contribution < 1.29 is 28.9 Å². The molecule has 260 valence electrons. The third-order valence-electron chi connectivity index (χ3n) is 15.2. The van der Waals surface area contributed by atoms with Crippen molar-refractivity contribution in [2.45, 2.75) is 142 Å². The molecule has 0 bridgehead atoms. The van der Waals surface area contributed by atoms with Gasteiger partial charge in [-0.3, -0.25) is 0 Å². The van der Waals surface area contributed by atoms with Crippen molar-refractivity contribution in [3.05, 3.63) is 0 Å². The number of amides is 2. The topological polar surface area (TPSA) is 144 Å². The lowest BCUT2D eigenvalue weighted by atomic mass is 9.43. The second-order valence-corrected chi connectivity index (χ2v) is 17.7. The zero-order chi connectivity index (χ0) is 33.0. The van der Waals surface area contributed by atoms with Gasteiger partial charge in [0, 0.05) is 25.0 Å². The van der Waals surface area contributed by atoms with Gasteiger partial charge in [-0.25, -0.2) is 9.59 Å². The van der Waals surface area contributed by atoms with E-state index in [0.717, 1.165) is 64.5 Å². The summed E-state index contributed by atoms with van der Waals surface area (Å²) in [6.45, 7) is 17.4. The van der Waals surface area contributed by atoms with Crippen LogP contribution in [0.5, 0.6) is 0 Å². The lowest BCUT2D eigenvalue weighted by molar-refractivity contribution is -0.178. The Morgan fingerprint density at radius 3 is 2.39 bits per heavy atom. The SMILES string of the molecule is CCNC(=O)OC(C(C)C)C1CC(C)C2C(O1)C(O)C1(N)C3CCC4C(C)(C)C(OC(=O)NC5CNC5)CCC45CC35CCC21C. The van der Waals surface area contributed by atoms with E-state index in [1.54, 1.807) is 0 Å². The Bertz CT molecular complexity index is 1230. The maximum atomic E-state index is 12.8. The summed E-state index contributed by atoms with van der Waals surface area (Å²) in [4.78, 5) is 25.3. The van der Waals surface area contributed by atoms with Crippen LogP contribution in [-0.4, -0.2) is 79.0 Å². The highest BCUT2D eigenvalue weighted by Gasteiger charge is 2.85. The molecular formula is C36H60N4O6. The lowest BCUT2D eigenvalue weighted by Gasteiger charge is -2.63. The number of hydrogen-bond donors (Lipinski definition) is 5. The number of ether oxygens (including phenoxy) is 3. The monoisotopic (exact) mass is 644 g/mol. The third kappa shape index (κ3) is 4.34. The summed E-state index contributed by atoms with van der Waals surface area (Å²) in [5.41, 5.74) is 6.95. The van der Waals surface area contributed by atoms with E-state index in [1.807, 2.05) is 6.92 Å². The van der Waals surface area contributed by atoms with Crippen LogP contribution < -0.4 is 21.7 Å². The van der Waals surface area contributed by atoms with E-state index < -0.39 is 23.8 Å². The summed E-state index contributed by atoms with van der Waals surface area (Å²) < 4.78 is 18.9. The molecule has 7 rings (SSSR count). The van der Waals surface area contributed by atoms with Crippen LogP contribution in [0, 0.1) is 51.2 Å². The molecule has 13 atom stereocenters. The summed E-state index contributed by atoms with van der Waals surface area (Å²) >= 11 is 0. The summed E-state index contributed by atoms with van der Waals surface area (Å²) in [7, 11) is 0. The molecule has 2 aliphatic heterocycles. The second kappa shape index (κ2) is 10.9. The average molecular weight is 645 g/mol. The van der Waals surface area contributed by atoms with E-state index in [1.165, 1.54) is 0 Å². The highest BCUT2D eigenvalue weighted by atomic mass is 16.6. The van der Waals surface area contributed by atoms with Crippen molar-refractivity contribution in [2.24, 2.45) is 57.0 Å². The van der Waals surface area contributed by atoms with Gasteiger partial charge in [-0.05, 0) is 104 Å². The fraction of sp³-hybridized carbons (Fsp3) is 0.944. The second-order valence-electron chi connectivity index (χ2n) is 17.7. The molecule has 0 aromatic carbocycles. The molecule has 10 nitrogen and oxygen atoms in total. The van der Waals surface area contributed by atoms with Crippen molar-refractivity contribution >= 4 is 12.2 Å². The normalized spacial score (nSPS) is 49.2. The quantitative estimate of drug-likeness (QED) is 0.288. The van der Waals surface area contributed by atoms with Crippen molar-refractivity contribution in [2.75, 3.05) is 19.6 Å². The summed E-state index contributed by atoms with van der Waals surface area (Å²) in [5, 5.41) is 21.4. The molecule has 7 fully saturated rings. The number of carbonyl (C=O) groups excluding carboxylic acids is 2. The minimum absolute atomic E-state index is 0.0771. The molecule has 2 spiro atoms. The van der Waals surface area contributed by atoms with Gasteiger partial charge in [-0.1, -0.05) is 41.5 Å². The Labute approximate surface area is 275 Å².